The number of nitrogens with one attached hydrogen (secondary N) is 1. The zero-order valence-corrected chi connectivity index (χ0v) is 60.1. The zero-order chi connectivity index (χ0) is 69.6. The standard InChI is InChI=1S/C77H143NO18/c1-3-5-7-9-11-13-15-17-19-21-23-25-26-27-28-29-30-31-32-33-35-36-38-40-42-44-46-48-50-52-54-61(82)60(78-65(83)55-53-51-49-47-45-43-41-39-37-34-24-22-20-18-16-14-12-10-8-6-4-2)59-91-75-71(89)68(86)73(63(57-80)93-75)96-77-72(90)69(87)74(64(58-81)94-77)95-76-70(88)67(85)66(84)62(56-79)92-76/h36,38,44,46,52,54,60-64,66-77,79-82,84-90H,3-35,37,39-43,45,47-51,53,55-59H2,1-2H3,(H,78,83)/b38-36+,46-44+,54-52+. The summed E-state index contributed by atoms with van der Waals surface area (Å²) in [6, 6.07) is -0.995. The second kappa shape index (κ2) is 58.5. The molecule has 19 nitrogen and oxygen atoms in total. The highest BCUT2D eigenvalue weighted by molar-refractivity contribution is 5.76. The molecular formula is C77H143NO18. The Morgan fingerprint density at radius 3 is 1.04 bits per heavy atom. The molecule has 1 amide bonds. The number of unbranched alkanes of at least 4 members (excludes halogenated alkanes) is 42. The number of carbonyl (C=O) groups excluding carboxylic acids is 1. The number of rotatable bonds is 62. The number of ether oxygens (including phenoxy) is 6. The largest absolute Gasteiger partial charge is 0.394 e. The van der Waals surface area contributed by atoms with E-state index in [1.54, 1.807) is 6.08 Å². The summed E-state index contributed by atoms with van der Waals surface area (Å²) < 4.78 is 34.4. The van der Waals surface area contributed by atoms with E-state index in [2.05, 4.69) is 43.5 Å². The first kappa shape index (κ1) is 88.2. The van der Waals surface area contributed by atoms with Crippen LogP contribution in [0.2, 0.25) is 0 Å². The molecular weight excluding hydrogens is 1230 g/mol. The number of aliphatic hydroxyl groups is 11. The molecule has 12 N–H and O–H groups in total. The first-order valence-corrected chi connectivity index (χ1v) is 39.2. The van der Waals surface area contributed by atoms with Gasteiger partial charge in [-0.2, -0.15) is 0 Å². The van der Waals surface area contributed by atoms with Crippen LogP contribution < -0.4 is 5.32 Å². The van der Waals surface area contributed by atoms with Crippen LogP contribution in [0.5, 0.6) is 0 Å². The van der Waals surface area contributed by atoms with Gasteiger partial charge in [-0.25, -0.2) is 0 Å². The summed E-state index contributed by atoms with van der Waals surface area (Å²) in [6.07, 6.45) is 44.3. The first-order chi connectivity index (χ1) is 46.8. The molecule has 0 spiro atoms. The smallest absolute Gasteiger partial charge is 0.220 e. The predicted molar refractivity (Wildman–Crippen MR) is 379 cm³/mol. The molecule has 3 aliphatic rings. The van der Waals surface area contributed by atoms with Crippen LogP contribution in [0.3, 0.4) is 0 Å². The Balaban J connectivity index is 1.40. The van der Waals surface area contributed by atoms with Gasteiger partial charge in [0.15, 0.2) is 18.9 Å². The average molecular weight is 1370 g/mol. The molecule has 0 aromatic heterocycles. The lowest BCUT2D eigenvalue weighted by Crippen LogP contribution is -2.66. The third-order valence-corrected chi connectivity index (χ3v) is 19.7. The van der Waals surface area contributed by atoms with Gasteiger partial charge in [0.05, 0.1) is 38.6 Å². The number of aliphatic hydroxyl groups excluding tert-OH is 11. The Morgan fingerprint density at radius 1 is 0.365 bits per heavy atom. The van der Waals surface area contributed by atoms with Crippen molar-refractivity contribution >= 4 is 5.91 Å². The van der Waals surface area contributed by atoms with Crippen molar-refractivity contribution in [2.24, 2.45) is 0 Å². The third-order valence-electron chi connectivity index (χ3n) is 19.7. The average Bonchev–Trinajstić information content (AvgIpc) is 0.786. The predicted octanol–water partition coefficient (Wildman–Crippen LogP) is 12.3. The molecule has 96 heavy (non-hydrogen) atoms. The molecule has 0 aliphatic carbocycles. The number of amides is 1. The van der Waals surface area contributed by atoms with Crippen LogP contribution in [0.25, 0.3) is 0 Å². The Bertz CT molecular complexity index is 1880. The molecule has 0 aromatic carbocycles. The molecule has 17 atom stereocenters. The van der Waals surface area contributed by atoms with E-state index in [4.69, 9.17) is 28.4 Å². The summed E-state index contributed by atoms with van der Waals surface area (Å²) in [6.45, 7) is 1.76. The van der Waals surface area contributed by atoms with Crippen molar-refractivity contribution in [3.05, 3.63) is 36.5 Å². The van der Waals surface area contributed by atoms with Gasteiger partial charge in [-0.05, 0) is 44.9 Å². The lowest BCUT2D eigenvalue weighted by molar-refractivity contribution is -0.379. The SMILES string of the molecule is CCCCCCCCCCCCCCCCCCCCCC/C=C/CC/C=C/CC/C=C/C(O)C(COC1OC(CO)C(OC2OC(CO)C(OC3OC(CO)C(O)C(O)C3O)C(O)C2O)C(O)C1O)NC(=O)CCCCCCCCCCCCCCCCCCCCCCC. The summed E-state index contributed by atoms with van der Waals surface area (Å²) >= 11 is 0. The van der Waals surface area contributed by atoms with E-state index in [1.165, 1.54) is 238 Å². The lowest BCUT2D eigenvalue weighted by atomic mass is 9.96. The molecule has 19 heteroatoms. The van der Waals surface area contributed by atoms with Crippen molar-refractivity contribution in [2.75, 3.05) is 26.4 Å². The van der Waals surface area contributed by atoms with Crippen LogP contribution in [0.15, 0.2) is 36.5 Å². The maximum Gasteiger partial charge on any atom is 0.220 e. The lowest BCUT2D eigenvalue weighted by Gasteiger charge is -2.48. The van der Waals surface area contributed by atoms with E-state index in [0.717, 1.165) is 44.9 Å². The summed E-state index contributed by atoms with van der Waals surface area (Å²) in [7, 11) is 0. The molecule has 0 aromatic rings. The van der Waals surface area contributed by atoms with Crippen LogP contribution in [0.1, 0.15) is 316 Å². The van der Waals surface area contributed by atoms with Gasteiger partial charge < -0.3 is 89.9 Å². The molecule has 3 fully saturated rings. The Morgan fingerprint density at radius 2 is 0.667 bits per heavy atom. The van der Waals surface area contributed by atoms with Crippen LogP contribution in [0.4, 0.5) is 0 Å². The van der Waals surface area contributed by atoms with Crippen molar-refractivity contribution in [1.82, 2.24) is 5.32 Å². The van der Waals surface area contributed by atoms with Gasteiger partial charge in [0.1, 0.15) is 73.2 Å². The van der Waals surface area contributed by atoms with E-state index in [0.29, 0.717) is 12.8 Å². The maximum atomic E-state index is 13.4. The maximum absolute atomic E-state index is 13.4. The van der Waals surface area contributed by atoms with Gasteiger partial charge in [-0.15, -0.1) is 0 Å². The zero-order valence-electron chi connectivity index (χ0n) is 60.1. The van der Waals surface area contributed by atoms with Gasteiger partial charge in [0, 0.05) is 6.42 Å². The quantitative estimate of drug-likeness (QED) is 0.0199. The monoisotopic (exact) mass is 1370 g/mol. The number of allylic oxidation sites excluding steroid dienone is 5. The molecule has 0 saturated carbocycles. The summed E-state index contributed by atoms with van der Waals surface area (Å²) in [5.74, 6) is -0.284. The van der Waals surface area contributed by atoms with E-state index in [1.807, 2.05) is 6.08 Å². The highest BCUT2D eigenvalue weighted by Crippen LogP contribution is 2.33. The second-order valence-electron chi connectivity index (χ2n) is 28.2. The van der Waals surface area contributed by atoms with Crippen molar-refractivity contribution in [3.63, 3.8) is 0 Å². The number of hydrogen-bond donors (Lipinski definition) is 12. The van der Waals surface area contributed by atoms with Crippen molar-refractivity contribution in [3.8, 4) is 0 Å². The van der Waals surface area contributed by atoms with Gasteiger partial charge in [-0.3, -0.25) is 4.79 Å². The molecule has 0 radical (unpaired) electrons. The van der Waals surface area contributed by atoms with E-state index >= 15 is 0 Å². The Labute approximate surface area is 581 Å². The van der Waals surface area contributed by atoms with Crippen LogP contribution in [-0.2, 0) is 33.2 Å². The molecule has 3 saturated heterocycles. The van der Waals surface area contributed by atoms with Crippen LogP contribution >= 0.6 is 0 Å². The van der Waals surface area contributed by atoms with Gasteiger partial charge in [0.25, 0.3) is 0 Å². The fraction of sp³-hybridized carbons (Fsp3) is 0.909. The van der Waals surface area contributed by atoms with Gasteiger partial charge >= 0.3 is 0 Å². The number of hydrogen-bond acceptors (Lipinski definition) is 18. The van der Waals surface area contributed by atoms with Crippen molar-refractivity contribution in [1.29, 1.82) is 0 Å². The Kier molecular flexibility index (Phi) is 53.8. The highest BCUT2D eigenvalue weighted by atomic mass is 16.8. The summed E-state index contributed by atoms with van der Waals surface area (Å²) in [5, 5.41) is 121. The third kappa shape index (κ3) is 38.9. The first-order valence-electron chi connectivity index (χ1n) is 39.2. The minimum Gasteiger partial charge on any atom is -0.394 e. The topological polar surface area (TPSA) is 307 Å². The highest BCUT2D eigenvalue weighted by Gasteiger charge is 2.53. The van der Waals surface area contributed by atoms with Crippen LogP contribution in [-0.4, -0.2) is 193 Å². The summed E-state index contributed by atoms with van der Waals surface area (Å²) in [5.41, 5.74) is 0. The second-order valence-corrected chi connectivity index (χ2v) is 28.2. The normalized spacial score (nSPS) is 27.2. The fourth-order valence-corrected chi connectivity index (χ4v) is 13.3. The van der Waals surface area contributed by atoms with Crippen LogP contribution in [0, 0.1) is 0 Å². The molecule has 3 heterocycles. The minimum atomic E-state index is -1.98. The van der Waals surface area contributed by atoms with Gasteiger partial charge in [-0.1, -0.05) is 301 Å². The van der Waals surface area contributed by atoms with Crippen molar-refractivity contribution < 1.29 is 89.4 Å². The number of carbonyl (C=O) groups is 1. The fourth-order valence-electron chi connectivity index (χ4n) is 13.3. The molecule has 3 rings (SSSR count). The molecule has 3 aliphatic heterocycles. The molecule has 0 bridgehead atoms. The van der Waals surface area contributed by atoms with Gasteiger partial charge in [0.2, 0.25) is 5.91 Å². The van der Waals surface area contributed by atoms with E-state index in [-0.39, 0.29) is 18.9 Å². The van der Waals surface area contributed by atoms with Crippen molar-refractivity contribution in [2.45, 2.75) is 420 Å². The summed E-state index contributed by atoms with van der Waals surface area (Å²) in [4.78, 5) is 13.4. The molecule has 17 unspecified atom stereocenters. The van der Waals surface area contributed by atoms with E-state index < -0.39 is 124 Å². The molecule has 564 valence electrons. The Hall–Kier alpha value is -1.99. The minimum absolute atomic E-state index is 0.236. The van der Waals surface area contributed by atoms with E-state index in [9.17, 15) is 61.0 Å².